The smallest absolute Gasteiger partial charge is 0.258 e. The normalized spacial score (nSPS) is 12.1. The van der Waals surface area contributed by atoms with Crippen molar-refractivity contribution in [1.82, 2.24) is 5.16 Å². The fraction of sp³-hybridized carbons (Fsp3) is 0. The van der Waals surface area contributed by atoms with Gasteiger partial charge in [-0.1, -0.05) is 41.6 Å². The Balaban J connectivity index is 1.66. The van der Waals surface area contributed by atoms with Crippen molar-refractivity contribution >= 4 is 28.3 Å². The van der Waals surface area contributed by atoms with Crippen molar-refractivity contribution in [3.05, 3.63) is 77.4 Å². The standard InChI is InChI=1S/C21H12N2O4/c24-16-8-4-3-7-15(16)22-21(26)14-10-9-13-17-18(14)23-27-20(17)12-6-2-1-5-11(12)19(13)25/h1-10,24H,(H,22,26). The Bertz CT molecular complexity index is 1260. The van der Waals surface area contributed by atoms with Gasteiger partial charge >= 0.3 is 0 Å². The number of phenols is 1. The molecule has 0 saturated carbocycles. The molecule has 1 aliphatic carbocycles. The van der Waals surface area contributed by atoms with Crippen LogP contribution in [0.15, 0.2) is 65.2 Å². The molecule has 4 aromatic rings. The molecule has 130 valence electrons. The third-order valence-corrected chi connectivity index (χ3v) is 4.69. The number of rotatable bonds is 2. The third-order valence-electron chi connectivity index (χ3n) is 4.69. The first kappa shape index (κ1) is 15.3. The molecular weight excluding hydrogens is 344 g/mol. The zero-order valence-electron chi connectivity index (χ0n) is 13.9. The van der Waals surface area contributed by atoms with E-state index in [4.69, 9.17) is 4.52 Å². The summed E-state index contributed by atoms with van der Waals surface area (Å²) in [5.74, 6) is -0.134. The number of phenolic OH excluding ortho intramolecular Hbond substituents is 1. The van der Waals surface area contributed by atoms with Gasteiger partial charge in [-0.25, -0.2) is 0 Å². The van der Waals surface area contributed by atoms with Crippen molar-refractivity contribution in [2.75, 3.05) is 5.32 Å². The first-order valence-electron chi connectivity index (χ1n) is 8.31. The summed E-state index contributed by atoms with van der Waals surface area (Å²) in [5, 5.41) is 17.1. The van der Waals surface area contributed by atoms with E-state index in [9.17, 15) is 14.7 Å². The molecule has 0 spiro atoms. The number of anilines is 1. The minimum atomic E-state index is -0.450. The highest BCUT2D eigenvalue weighted by molar-refractivity contribution is 6.27. The van der Waals surface area contributed by atoms with Crippen LogP contribution in [0.5, 0.6) is 5.75 Å². The Morgan fingerprint density at radius 1 is 0.926 bits per heavy atom. The van der Waals surface area contributed by atoms with Gasteiger partial charge in [0.25, 0.3) is 5.91 Å². The molecule has 0 atom stereocenters. The lowest BCUT2D eigenvalue weighted by atomic mass is 9.87. The second-order valence-corrected chi connectivity index (χ2v) is 6.24. The highest BCUT2D eigenvalue weighted by Gasteiger charge is 2.30. The molecule has 27 heavy (non-hydrogen) atoms. The van der Waals surface area contributed by atoms with Crippen LogP contribution in [0.2, 0.25) is 0 Å². The first-order chi connectivity index (χ1) is 13.1. The van der Waals surface area contributed by atoms with Gasteiger partial charge in [0.15, 0.2) is 11.5 Å². The van der Waals surface area contributed by atoms with Crippen LogP contribution in [0.4, 0.5) is 5.69 Å². The number of hydrogen-bond donors (Lipinski definition) is 2. The van der Waals surface area contributed by atoms with Gasteiger partial charge in [-0.15, -0.1) is 0 Å². The van der Waals surface area contributed by atoms with Gasteiger partial charge in [0.2, 0.25) is 0 Å². The summed E-state index contributed by atoms with van der Waals surface area (Å²) in [6, 6.07) is 16.8. The Labute approximate surface area is 153 Å². The number of para-hydroxylation sites is 2. The van der Waals surface area contributed by atoms with Gasteiger partial charge in [-0.2, -0.15) is 0 Å². The highest BCUT2D eigenvalue weighted by Crippen LogP contribution is 2.40. The number of carbonyl (C=O) groups excluding carboxylic acids is 2. The van der Waals surface area contributed by atoms with Crippen molar-refractivity contribution in [3.63, 3.8) is 0 Å². The number of benzene rings is 3. The van der Waals surface area contributed by atoms with Gasteiger partial charge in [0.1, 0.15) is 11.3 Å². The van der Waals surface area contributed by atoms with Crippen molar-refractivity contribution in [3.8, 4) is 17.1 Å². The fourth-order valence-corrected chi connectivity index (χ4v) is 3.40. The lowest BCUT2D eigenvalue weighted by molar-refractivity contribution is 0.102. The zero-order valence-corrected chi connectivity index (χ0v) is 13.9. The largest absolute Gasteiger partial charge is 0.506 e. The third kappa shape index (κ3) is 2.17. The predicted molar refractivity (Wildman–Crippen MR) is 98.9 cm³/mol. The molecule has 1 aromatic heterocycles. The van der Waals surface area contributed by atoms with E-state index in [1.807, 2.05) is 6.07 Å². The van der Waals surface area contributed by atoms with Crippen LogP contribution in [-0.2, 0) is 0 Å². The number of nitrogens with zero attached hydrogens (tertiary/aromatic N) is 1. The Morgan fingerprint density at radius 2 is 1.67 bits per heavy atom. The minimum Gasteiger partial charge on any atom is -0.506 e. The van der Waals surface area contributed by atoms with Crippen LogP contribution >= 0.6 is 0 Å². The molecule has 5 rings (SSSR count). The summed E-state index contributed by atoms with van der Waals surface area (Å²) in [6.45, 7) is 0. The molecule has 0 aliphatic heterocycles. The van der Waals surface area contributed by atoms with Gasteiger partial charge < -0.3 is 14.9 Å². The second-order valence-electron chi connectivity index (χ2n) is 6.24. The summed E-state index contributed by atoms with van der Waals surface area (Å²) in [7, 11) is 0. The Kier molecular flexibility index (Phi) is 3.14. The molecule has 1 amide bonds. The average Bonchev–Trinajstić information content (AvgIpc) is 3.13. The number of carbonyl (C=O) groups is 2. The SMILES string of the molecule is O=C(Nc1ccccc1O)c1ccc2c3c(onc13)-c1ccccc1C2=O. The molecule has 0 bridgehead atoms. The zero-order chi connectivity index (χ0) is 18.5. The Morgan fingerprint density at radius 3 is 2.48 bits per heavy atom. The summed E-state index contributed by atoms with van der Waals surface area (Å²) in [4.78, 5) is 25.6. The van der Waals surface area contributed by atoms with E-state index in [1.54, 1.807) is 48.5 Å². The lowest BCUT2D eigenvalue weighted by Gasteiger charge is -2.14. The minimum absolute atomic E-state index is 0.0372. The van der Waals surface area contributed by atoms with E-state index < -0.39 is 5.91 Å². The molecule has 0 radical (unpaired) electrons. The van der Waals surface area contributed by atoms with Gasteiger partial charge in [0, 0.05) is 16.7 Å². The van der Waals surface area contributed by atoms with Crippen LogP contribution in [-0.4, -0.2) is 22.0 Å². The van der Waals surface area contributed by atoms with Crippen molar-refractivity contribution in [2.45, 2.75) is 0 Å². The Hall–Kier alpha value is -3.93. The molecule has 6 heteroatoms. The topological polar surface area (TPSA) is 92.4 Å². The van der Waals surface area contributed by atoms with Crippen LogP contribution in [0, 0.1) is 0 Å². The number of aromatic hydroxyl groups is 1. The molecule has 6 nitrogen and oxygen atoms in total. The molecule has 2 N–H and O–H groups in total. The first-order valence-corrected chi connectivity index (χ1v) is 8.31. The fourth-order valence-electron chi connectivity index (χ4n) is 3.40. The summed E-state index contributed by atoms with van der Waals surface area (Å²) >= 11 is 0. The molecule has 3 aromatic carbocycles. The maximum absolute atomic E-state index is 12.8. The van der Waals surface area contributed by atoms with E-state index in [0.717, 1.165) is 0 Å². The number of nitrogens with one attached hydrogen (secondary N) is 1. The number of fused-ring (bicyclic) bond motifs is 2. The number of aromatic nitrogens is 1. The van der Waals surface area contributed by atoms with E-state index >= 15 is 0 Å². The van der Waals surface area contributed by atoms with Crippen molar-refractivity contribution in [2.24, 2.45) is 0 Å². The monoisotopic (exact) mass is 356 g/mol. The maximum Gasteiger partial charge on any atom is 0.258 e. The molecule has 1 heterocycles. The van der Waals surface area contributed by atoms with Gasteiger partial charge in [0.05, 0.1) is 16.6 Å². The highest BCUT2D eigenvalue weighted by atomic mass is 16.5. The quantitative estimate of drug-likeness (QED) is 0.467. The van der Waals surface area contributed by atoms with Crippen molar-refractivity contribution < 1.29 is 19.2 Å². The van der Waals surface area contributed by atoms with Crippen LogP contribution in [0.1, 0.15) is 26.3 Å². The van der Waals surface area contributed by atoms with Gasteiger partial charge in [-0.3, -0.25) is 9.59 Å². The maximum atomic E-state index is 12.8. The molecule has 1 aliphatic rings. The lowest BCUT2D eigenvalue weighted by Crippen LogP contribution is -2.14. The number of ketones is 1. The molecule has 0 saturated heterocycles. The predicted octanol–water partition coefficient (Wildman–Crippen LogP) is 4.00. The van der Waals surface area contributed by atoms with Crippen LogP contribution in [0.3, 0.4) is 0 Å². The molecule has 0 unspecified atom stereocenters. The van der Waals surface area contributed by atoms with Crippen molar-refractivity contribution in [1.29, 1.82) is 0 Å². The number of amides is 1. The van der Waals surface area contributed by atoms with E-state index in [0.29, 0.717) is 33.4 Å². The summed E-state index contributed by atoms with van der Waals surface area (Å²) < 4.78 is 5.50. The molecule has 0 fully saturated rings. The molecular formula is C21H12N2O4. The van der Waals surface area contributed by atoms with E-state index in [2.05, 4.69) is 10.5 Å². The van der Waals surface area contributed by atoms with Crippen LogP contribution < -0.4 is 5.32 Å². The summed E-state index contributed by atoms with van der Waals surface area (Å²) in [5.41, 5.74) is 2.54. The van der Waals surface area contributed by atoms with Crippen LogP contribution in [0.25, 0.3) is 22.2 Å². The summed E-state index contributed by atoms with van der Waals surface area (Å²) in [6.07, 6.45) is 0. The average molecular weight is 356 g/mol. The number of hydrogen-bond acceptors (Lipinski definition) is 5. The second kappa shape index (κ2) is 5.54. The van der Waals surface area contributed by atoms with Gasteiger partial charge in [-0.05, 0) is 24.3 Å². The van der Waals surface area contributed by atoms with E-state index in [1.165, 1.54) is 6.07 Å². The van der Waals surface area contributed by atoms with E-state index in [-0.39, 0.29) is 22.8 Å².